The van der Waals surface area contributed by atoms with Crippen molar-refractivity contribution in [2.75, 3.05) is 6.61 Å². The van der Waals surface area contributed by atoms with Gasteiger partial charge in [0.15, 0.2) is 0 Å². The molecule has 1 aliphatic rings. The normalized spacial score (nSPS) is 20.4. The maximum absolute atomic E-state index is 11.5. The highest BCUT2D eigenvalue weighted by Gasteiger charge is 2.58. The highest BCUT2D eigenvalue weighted by molar-refractivity contribution is 5.35. The molecule has 1 N–H and O–H groups in total. The molecule has 0 bridgehead atoms. The van der Waals surface area contributed by atoms with Crippen LogP contribution in [-0.2, 0) is 15.9 Å². The number of hydroxylamine groups is 2. The van der Waals surface area contributed by atoms with Gasteiger partial charge in [-0.2, -0.15) is 5.06 Å². The highest BCUT2D eigenvalue weighted by atomic mass is 16.6. The van der Waals surface area contributed by atoms with Crippen molar-refractivity contribution in [3.63, 3.8) is 0 Å². The highest BCUT2D eigenvalue weighted by Crippen LogP contribution is 2.53. The summed E-state index contributed by atoms with van der Waals surface area (Å²) in [6, 6.07) is 30.1. The summed E-state index contributed by atoms with van der Waals surface area (Å²) in [6.45, 7) is 4.66. The molecule has 3 aromatic carbocycles. The lowest BCUT2D eigenvalue weighted by atomic mass is 9.83. The number of rotatable bonds is 6. The molecule has 1 fully saturated rings. The zero-order valence-electron chi connectivity index (χ0n) is 15.7. The van der Waals surface area contributed by atoms with Crippen LogP contribution in [0, 0.1) is 0 Å². The van der Waals surface area contributed by atoms with E-state index in [4.69, 9.17) is 4.74 Å². The van der Waals surface area contributed by atoms with Gasteiger partial charge in [-0.1, -0.05) is 91.0 Å². The van der Waals surface area contributed by atoms with E-state index in [9.17, 15) is 5.21 Å². The maximum Gasteiger partial charge on any atom is 0.138 e. The molecule has 2 atom stereocenters. The third kappa shape index (κ3) is 3.19. The van der Waals surface area contributed by atoms with E-state index in [1.807, 2.05) is 80.6 Å². The van der Waals surface area contributed by atoms with Crippen LogP contribution in [0.15, 0.2) is 91.0 Å². The Morgan fingerprint density at radius 1 is 0.852 bits per heavy atom. The second-order valence-corrected chi connectivity index (χ2v) is 7.63. The van der Waals surface area contributed by atoms with Gasteiger partial charge in [-0.3, -0.25) is 0 Å². The Labute approximate surface area is 160 Å². The Balaban J connectivity index is 1.80. The third-order valence-corrected chi connectivity index (χ3v) is 5.57. The minimum Gasteiger partial charge on any atom is -0.362 e. The van der Waals surface area contributed by atoms with Crippen molar-refractivity contribution in [2.45, 2.75) is 31.0 Å². The lowest BCUT2D eigenvalue weighted by Crippen LogP contribution is -2.46. The molecule has 0 spiro atoms. The third-order valence-electron chi connectivity index (χ3n) is 5.57. The molecule has 1 unspecified atom stereocenters. The lowest BCUT2D eigenvalue weighted by molar-refractivity contribution is -0.215. The predicted octanol–water partition coefficient (Wildman–Crippen LogP) is 5.28. The Morgan fingerprint density at radius 2 is 1.33 bits per heavy atom. The van der Waals surface area contributed by atoms with Crippen molar-refractivity contribution in [1.29, 1.82) is 0 Å². The molecule has 0 amide bonds. The average Bonchev–Trinajstić information content (AvgIpc) is 3.52. The van der Waals surface area contributed by atoms with Crippen molar-refractivity contribution in [3.8, 4) is 0 Å². The zero-order chi connectivity index (χ0) is 18.9. The Kier molecular flexibility index (Phi) is 4.60. The zero-order valence-corrected chi connectivity index (χ0v) is 15.7. The van der Waals surface area contributed by atoms with Crippen LogP contribution >= 0.6 is 0 Å². The fourth-order valence-electron chi connectivity index (χ4n) is 3.82. The van der Waals surface area contributed by atoms with Gasteiger partial charge in [0, 0.05) is 0 Å². The summed E-state index contributed by atoms with van der Waals surface area (Å²) in [5.74, 6) is 0. The molecule has 3 aromatic rings. The van der Waals surface area contributed by atoms with Crippen LogP contribution in [0.25, 0.3) is 0 Å². The van der Waals surface area contributed by atoms with Gasteiger partial charge in [-0.15, -0.1) is 0 Å². The first-order valence-electron chi connectivity index (χ1n) is 9.34. The first-order chi connectivity index (χ1) is 13.1. The van der Waals surface area contributed by atoms with E-state index in [1.165, 1.54) is 5.06 Å². The van der Waals surface area contributed by atoms with Gasteiger partial charge in [-0.05, 0) is 30.5 Å². The van der Waals surface area contributed by atoms with Crippen LogP contribution in [-0.4, -0.2) is 16.9 Å². The summed E-state index contributed by atoms with van der Waals surface area (Å²) in [4.78, 5) is 0. The lowest BCUT2D eigenvalue weighted by Gasteiger charge is -2.42. The number of epoxide rings is 1. The van der Waals surface area contributed by atoms with Crippen LogP contribution < -0.4 is 0 Å². The molecule has 4 rings (SSSR count). The van der Waals surface area contributed by atoms with Gasteiger partial charge in [0.05, 0.1) is 18.2 Å². The number of hydrogen-bond acceptors (Lipinski definition) is 3. The Morgan fingerprint density at radius 3 is 1.85 bits per heavy atom. The van der Waals surface area contributed by atoms with E-state index in [0.29, 0.717) is 6.61 Å². The van der Waals surface area contributed by atoms with Crippen molar-refractivity contribution in [3.05, 3.63) is 108 Å². The van der Waals surface area contributed by atoms with Crippen molar-refractivity contribution in [1.82, 2.24) is 5.06 Å². The van der Waals surface area contributed by atoms with Crippen LogP contribution in [0.1, 0.15) is 36.6 Å². The van der Waals surface area contributed by atoms with E-state index in [-0.39, 0.29) is 6.04 Å². The smallest absolute Gasteiger partial charge is 0.138 e. The largest absolute Gasteiger partial charge is 0.362 e. The fourth-order valence-corrected chi connectivity index (χ4v) is 3.82. The minimum atomic E-state index is -0.588. The van der Waals surface area contributed by atoms with Crippen molar-refractivity contribution in [2.24, 2.45) is 0 Å². The molecule has 3 heteroatoms. The standard InChI is InChI=1S/C24H25NO2/c1-23(2,20-14-8-4-9-15-20)25(26)22(19-12-6-3-7-13-19)24(18-27-24)21-16-10-5-11-17-21/h3-17,22,26H,18H2,1-2H3/t22?,24-/m0/s1. The molecule has 138 valence electrons. The SMILES string of the molecule is CC(C)(c1ccccc1)N(O)C(c1ccccc1)[C@@]1(c2ccccc2)CO1. The maximum atomic E-state index is 11.5. The summed E-state index contributed by atoms with van der Waals surface area (Å²) in [5, 5.41) is 13.0. The van der Waals surface area contributed by atoms with E-state index in [0.717, 1.165) is 16.7 Å². The molecular formula is C24H25NO2. The van der Waals surface area contributed by atoms with Gasteiger partial charge in [0.25, 0.3) is 0 Å². The van der Waals surface area contributed by atoms with Gasteiger partial charge in [-0.25, -0.2) is 0 Å². The van der Waals surface area contributed by atoms with Gasteiger partial charge in [0.2, 0.25) is 0 Å². The number of benzene rings is 3. The fraction of sp³-hybridized carbons (Fsp3) is 0.250. The summed E-state index contributed by atoms with van der Waals surface area (Å²) in [5.41, 5.74) is 2.03. The molecule has 27 heavy (non-hydrogen) atoms. The van der Waals surface area contributed by atoms with Crippen molar-refractivity contribution < 1.29 is 9.94 Å². The number of hydrogen-bond donors (Lipinski definition) is 1. The van der Waals surface area contributed by atoms with Gasteiger partial charge >= 0.3 is 0 Å². The van der Waals surface area contributed by atoms with E-state index in [1.54, 1.807) is 0 Å². The monoisotopic (exact) mass is 359 g/mol. The van der Waals surface area contributed by atoms with Crippen LogP contribution in [0.2, 0.25) is 0 Å². The van der Waals surface area contributed by atoms with E-state index < -0.39 is 11.1 Å². The predicted molar refractivity (Wildman–Crippen MR) is 106 cm³/mol. The summed E-state index contributed by atoms with van der Waals surface area (Å²) < 4.78 is 6.05. The van der Waals surface area contributed by atoms with Gasteiger partial charge in [0.1, 0.15) is 5.60 Å². The van der Waals surface area contributed by atoms with Crippen LogP contribution in [0.3, 0.4) is 0 Å². The second-order valence-electron chi connectivity index (χ2n) is 7.63. The molecule has 0 radical (unpaired) electrons. The van der Waals surface area contributed by atoms with Gasteiger partial charge < -0.3 is 9.94 Å². The molecule has 0 saturated carbocycles. The Hall–Kier alpha value is -2.46. The Bertz CT molecular complexity index is 874. The molecule has 0 aliphatic carbocycles. The molecule has 3 nitrogen and oxygen atoms in total. The minimum absolute atomic E-state index is 0.323. The first-order valence-corrected chi connectivity index (χ1v) is 9.34. The molecule has 1 aliphatic heterocycles. The second kappa shape index (κ2) is 6.93. The first kappa shape index (κ1) is 17.9. The van der Waals surface area contributed by atoms with E-state index in [2.05, 4.69) is 24.3 Å². The quantitative estimate of drug-likeness (QED) is 0.480. The summed E-state index contributed by atoms with van der Waals surface area (Å²) in [6.07, 6.45) is 0. The number of ether oxygens (including phenoxy) is 1. The van der Waals surface area contributed by atoms with Crippen LogP contribution in [0.4, 0.5) is 0 Å². The average molecular weight is 359 g/mol. The molecule has 1 heterocycles. The molecule has 1 saturated heterocycles. The molecular weight excluding hydrogens is 334 g/mol. The van der Waals surface area contributed by atoms with Crippen LogP contribution in [0.5, 0.6) is 0 Å². The molecule has 0 aromatic heterocycles. The summed E-state index contributed by atoms with van der Waals surface area (Å²) >= 11 is 0. The number of nitrogens with zero attached hydrogens (tertiary/aromatic N) is 1. The summed E-state index contributed by atoms with van der Waals surface area (Å²) in [7, 11) is 0. The van der Waals surface area contributed by atoms with Crippen molar-refractivity contribution >= 4 is 0 Å². The van der Waals surface area contributed by atoms with E-state index >= 15 is 0 Å². The topological polar surface area (TPSA) is 36.0 Å².